The van der Waals surface area contributed by atoms with Crippen molar-refractivity contribution in [1.29, 1.82) is 0 Å². The van der Waals surface area contributed by atoms with Gasteiger partial charge in [0.05, 0.1) is 7.11 Å². The molecular formula is C11H18O3. The zero-order chi connectivity index (χ0) is 10.8. The van der Waals surface area contributed by atoms with Gasteiger partial charge >= 0.3 is 5.97 Å². The first-order valence-corrected chi connectivity index (χ1v) is 4.82. The molecule has 0 saturated heterocycles. The third kappa shape index (κ3) is 5.41. The summed E-state index contributed by atoms with van der Waals surface area (Å²) in [5.41, 5.74) is 0. The molecule has 0 aromatic carbocycles. The van der Waals surface area contributed by atoms with Crippen molar-refractivity contribution in [3.8, 4) is 0 Å². The summed E-state index contributed by atoms with van der Waals surface area (Å²) >= 11 is 0. The van der Waals surface area contributed by atoms with Crippen molar-refractivity contribution in [3.05, 3.63) is 24.0 Å². The van der Waals surface area contributed by atoms with Crippen molar-refractivity contribution < 1.29 is 14.3 Å². The van der Waals surface area contributed by atoms with Crippen molar-refractivity contribution >= 4 is 5.97 Å². The molecule has 0 N–H and O–H groups in total. The minimum absolute atomic E-state index is 0.288. The molecule has 14 heavy (non-hydrogen) atoms. The third-order valence-electron chi connectivity index (χ3n) is 1.51. The lowest BCUT2D eigenvalue weighted by Crippen LogP contribution is -2.08. The summed E-state index contributed by atoms with van der Waals surface area (Å²) in [5, 5.41) is 0. The Morgan fingerprint density at radius 3 is 2.43 bits per heavy atom. The molecule has 0 atom stereocenters. The van der Waals surface area contributed by atoms with Gasteiger partial charge in [-0.3, -0.25) is 0 Å². The van der Waals surface area contributed by atoms with Crippen LogP contribution in [0.4, 0.5) is 0 Å². The van der Waals surface area contributed by atoms with Crippen LogP contribution in [0.3, 0.4) is 0 Å². The van der Waals surface area contributed by atoms with E-state index in [2.05, 4.69) is 4.74 Å². The van der Waals surface area contributed by atoms with Crippen LogP contribution in [0.5, 0.6) is 0 Å². The molecule has 0 aromatic rings. The molecule has 3 heteroatoms. The highest BCUT2D eigenvalue weighted by Gasteiger charge is 2.08. The zero-order valence-electron chi connectivity index (χ0n) is 9.08. The maximum atomic E-state index is 11.1. The SMILES string of the molecule is CC/C=C\CO/C(=C\CC)C(=O)OC. The molecule has 3 nitrogen and oxygen atoms in total. The van der Waals surface area contributed by atoms with Crippen LogP contribution >= 0.6 is 0 Å². The fourth-order valence-corrected chi connectivity index (χ4v) is 0.860. The van der Waals surface area contributed by atoms with E-state index in [0.29, 0.717) is 6.61 Å². The number of ether oxygens (including phenoxy) is 2. The first-order chi connectivity index (χ1) is 6.76. The van der Waals surface area contributed by atoms with Crippen LogP contribution in [0.25, 0.3) is 0 Å². The van der Waals surface area contributed by atoms with Gasteiger partial charge in [0, 0.05) is 0 Å². The zero-order valence-corrected chi connectivity index (χ0v) is 9.08. The fraction of sp³-hybridized carbons (Fsp3) is 0.545. The molecule has 0 spiro atoms. The molecule has 0 aliphatic heterocycles. The van der Waals surface area contributed by atoms with E-state index >= 15 is 0 Å². The Bertz CT molecular complexity index is 217. The quantitative estimate of drug-likeness (QED) is 0.284. The van der Waals surface area contributed by atoms with E-state index < -0.39 is 5.97 Å². The maximum absolute atomic E-state index is 11.1. The van der Waals surface area contributed by atoms with Gasteiger partial charge in [-0.15, -0.1) is 0 Å². The Morgan fingerprint density at radius 1 is 1.21 bits per heavy atom. The highest BCUT2D eigenvalue weighted by Crippen LogP contribution is 2.02. The summed E-state index contributed by atoms with van der Waals surface area (Å²) in [6, 6.07) is 0. The van der Waals surface area contributed by atoms with E-state index in [1.807, 2.05) is 26.0 Å². The van der Waals surface area contributed by atoms with Crippen LogP contribution in [-0.2, 0) is 14.3 Å². The van der Waals surface area contributed by atoms with Crippen LogP contribution in [-0.4, -0.2) is 19.7 Å². The van der Waals surface area contributed by atoms with Gasteiger partial charge in [0.15, 0.2) is 0 Å². The predicted octanol–water partition coefficient (Wildman–Crippen LogP) is 2.44. The molecule has 0 heterocycles. The van der Waals surface area contributed by atoms with Crippen molar-refractivity contribution in [2.24, 2.45) is 0 Å². The topological polar surface area (TPSA) is 35.5 Å². The molecule has 0 saturated carbocycles. The number of hydrogen-bond acceptors (Lipinski definition) is 3. The van der Waals surface area contributed by atoms with Crippen LogP contribution in [0.1, 0.15) is 26.7 Å². The third-order valence-corrected chi connectivity index (χ3v) is 1.51. The largest absolute Gasteiger partial charge is 0.483 e. The summed E-state index contributed by atoms with van der Waals surface area (Å²) in [4.78, 5) is 11.1. The highest BCUT2D eigenvalue weighted by atomic mass is 16.6. The standard InChI is InChI=1S/C11H18O3/c1-4-6-7-9-14-10(8-5-2)11(12)13-3/h6-8H,4-5,9H2,1-3H3/b7-6-,10-8-. The average Bonchev–Trinajstić information content (AvgIpc) is 2.21. The van der Waals surface area contributed by atoms with Gasteiger partial charge in [0.2, 0.25) is 5.76 Å². The van der Waals surface area contributed by atoms with Crippen molar-refractivity contribution in [1.82, 2.24) is 0 Å². The second-order valence-electron chi connectivity index (χ2n) is 2.66. The maximum Gasteiger partial charge on any atom is 0.372 e. The number of esters is 1. The van der Waals surface area contributed by atoms with Crippen LogP contribution < -0.4 is 0 Å². The first-order valence-electron chi connectivity index (χ1n) is 4.82. The van der Waals surface area contributed by atoms with Gasteiger partial charge in [-0.2, -0.15) is 0 Å². The average molecular weight is 198 g/mol. The van der Waals surface area contributed by atoms with Crippen LogP contribution in [0.15, 0.2) is 24.0 Å². The number of hydrogen-bond donors (Lipinski definition) is 0. The molecule has 0 fully saturated rings. The fourth-order valence-electron chi connectivity index (χ4n) is 0.860. The van der Waals surface area contributed by atoms with Crippen LogP contribution in [0.2, 0.25) is 0 Å². The number of allylic oxidation sites excluding steroid dienone is 2. The number of methoxy groups -OCH3 is 1. The Kier molecular flexibility index (Phi) is 7.61. The molecule has 0 bridgehead atoms. The van der Waals surface area contributed by atoms with Gasteiger partial charge < -0.3 is 9.47 Å². The van der Waals surface area contributed by atoms with Gasteiger partial charge in [0.25, 0.3) is 0 Å². The molecule has 0 radical (unpaired) electrons. The molecule has 0 rings (SSSR count). The molecule has 80 valence electrons. The van der Waals surface area contributed by atoms with E-state index in [4.69, 9.17) is 4.74 Å². The lowest BCUT2D eigenvalue weighted by Gasteiger charge is -2.05. The summed E-state index contributed by atoms with van der Waals surface area (Å²) in [5.74, 6) is -0.132. The Balaban J connectivity index is 4.05. The monoisotopic (exact) mass is 198 g/mol. The van der Waals surface area contributed by atoms with Crippen molar-refractivity contribution in [2.45, 2.75) is 26.7 Å². The molecule has 0 aromatic heterocycles. The Hall–Kier alpha value is -1.25. The van der Waals surface area contributed by atoms with E-state index in [1.165, 1.54) is 7.11 Å². The van der Waals surface area contributed by atoms with Gasteiger partial charge in [-0.1, -0.05) is 26.0 Å². The summed E-state index contributed by atoms with van der Waals surface area (Å²) < 4.78 is 9.80. The summed E-state index contributed by atoms with van der Waals surface area (Å²) in [7, 11) is 1.34. The number of carbonyl (C=O) groups is 1. The molecule has 0 amide bonds. The van der Waals surface area contributed by atoms with E-state index in [0.717, 1.165) is 12.8 Å². The van der Waals surface area contributed by atoms with Crippen molar-refractivity contribution in [2.75, 3.05) is 13.7 Å². The number of rotatable bonds is 6. The summed E-state index contributed by atoms with van der Waals surface area (Å²) in [6.07, 6.45) is 7.30. The first kappa shape index (κ1) is 12.8. The van der Waals surface area contributed by atoms with E-state index in [9.17, 15) is 4.79 Å². The second kappa shape index (κ2) is 8.35. The lowest BCUT2D eigenvalue weighted by atomic mass is 10.3. The minimum atomic E-state index is -0.420. The smallest absolute Gasteiger partial charge is 0.372 e. The predicted molar refractivity (Wildman–Crippen MR) is 55.8 cm³/mol. The van der Waals surface area contributed by atoms with Gasteiger partial charge in [-0.05, 0) is 18.9 Å². The Labute approximate surface area is 85.4 Å². The molecule has 0 aliphatic carbocycles. The van der Waals surface area contributed by atoms with E-state index in [-0.39, 0.29) is 5.76 Å². The second-order valence-corrected chi connectivity index (χ2v) is 2.66. The minimum Gasteiger partial charge on any atom is -0.483 e. The summed E-state index contributed by atoms with van der Waals surface area (Å²) in [6.45, 7) is 4.39. The lowest BCUT2D eigenvalue weighted by molar-refractivity contribution is -0.139. The van der Waals surface area contributed by atoms with Crippen LogP contribution in [0, 0.1) is 0 Å². The van der Waals surface area contributed by atoms with E-state index in [1.54, 1.807) is 6.08 Å². The molecule has 0 aliphatic rings. The molecule has 0 unspecified atom stereocenters. The van der Waals surface area contributed by atoms with Gasteiger partial charge in [0.1, 0.15) is 6.61 Å². The molecular weight excluding hydrogens is 180 g/mol. The highest BCUT2D eigenvalue weighted by molar-refractivity contribution is 5.86. The normalized spacial score (nSPS) is 11.8. The Morgan fingerprint density at radius 2 is 1.93 bits per heavy atom. The van der Waals surface area contributed by atoms with Gasteiger partial charge in [-0.25, -0.2) is 4.79 Å². The van der Waals surface area contributed by atoms with Crippen molar-refractivity contribution in [3.63, 3.8) is 0 Å². The number of carbonyl (C=O) groups excluding carboxylic acids is 1.